The molecule has 2 aromatic carbocycles. The number of alkyl halides is 2. The number of carbonyl (C=O) groups is 3. The second-order valence-electron chi connectivity index (χ2n) is 9.44. The summed E-state index contributed by atoms with van der Waals surface area (Å²) >= 11 is 0. The highest BCUT2D eigenvalue weighted by atomic mass is 19.3. The number of cyclic esters (lactones) is 1. The van der Waals surface area contributed by atoms with Crippen LogP contribution in [0.25, 0.3) is 10.9 Å². The summed E-state index contributed by atoms with van der Waals surface area (Å²) in [6.07, 6.45) is -5.18. The molecule has 0 aliphatic carbocycles. The number of hydrogen-bond donors (Lipinski definition) is 3. The molecule has 1 saturated heterocycles. The molecule has 1 fully saturated rings. The second kappa shape index (κ2) is 12.5. The topological polar surface area (TPSA) is 144 Å². The lowest BCUT2D eigenvalue weighted by Crippen LogP contribution is -2.37. The van der Waals surface area contributed by atoms with Crippen molar-refractivity contribution < 1.29 is 36.7 Å². The fourth-order valence-corrected chi connectivity index (χ4v) is 4.72. The molecular weight excluding hydrogens is 566 g/mol. The number of nitrogens with zero attached hydrogens (tertiary/aromatic N) is 4. The van der Waals surface area contributed by atoms with Gasteiger partial charge in [-0.05, 0) is 25.1 Å². The SMILES string of the molecule is CCN(CCn1c2ccc(NC(=O)CN)cc2c(=O)n1C)c1c(F)cc(N2C[C@H](CNC(=O)C(F)F)OC2=O)cc1F. The average molecular weight is 596 g/mol. The molecule has 2 heterocycles. The summed E-state index contributed by atoms with van der Waals surface area (Å²) in [5.41, 5.74) is 5.45. The van der Waals surface area contributed by atoms with Crippen LogP contribution in [0.3, 0.4) is 0 Å². The molecule has 1 aromatic heterocycles. The molecule has 4 rings (SSSR count). The molecule has 3 aromatic rings. The van der Waals surface area contributed by atoms with Gasteiger partial charge in [0.15, 0.2) is 11.6 Å². The molecule has 16 heteroatoms. The van der Waals surface area contributed by atoms with E-state index in [1.807, 2.05) is 5.32 Å². The van der Waals surface area contributed by atoms with Gasteiger partial charge in [-0.1, -0.05) is 0 Å². The van der Waals surface area contributed by atoms with Gasteiger partial charge in [0.25, 0.3) is 11.5 Å². The monoisotopic (exact) mass is 595 g/mol. The van der Waals surface area contributed by atoms with Crippen LogP contribution in [0.2, 0.25) is 0 Å². The van der Waals surface area contributed by atoms with Crippen LogP contribution in [0.1, 0.15) is 6.92 Å². The fraction of sp³-hybridized carbons (Fsp3) is 0.385. The van der Waals surface area contributed by atoms with Crippen molar-refractivity contribution in [2.24, 2.45) is 12.8 Å². The Bertz CT molecular complexity index is 1550. The van der Waals surface area contributed by atoms with Crippen LogP contribution in [-0.2, 0) is 27.9 Å². The number of ether oxygens (including phenoxy) is 1. The molecule has 0 saturated carbocycles. The van der Waals surface area contributed by atoms with Crippen LogP contribution in [0.15, 0.2) is 35.1 Å². The highest BCUT2D eigenvalue weighted by Crippen LogP contribution is 2.31. The van der Waals surface area contributed by atoms with E-state index in [2.05, 4.69) is 5.32 Å². The van der Waals surface area contributed by atoms with Crippen molar-refractivity contribution in [2.75, 3.05) is 47.8 Å². The number of fused-ring (bicyclic) bond motifs is 1. The van der Waals surface area contributed by atoms with E-state index < -0.39 is 48.6 Å². The normalized spacial score (nSPS) is 14.9. The number of amides is 3. The van der Waals surface area contributed by atoms with E-state index in [4.69, 9.17) is 10.5 Å². The number of aromatic nitrogens is 2. The summed E-state index contributed by atoms with van der Waals surface area (Å²) in [7, 11) is 1.55. The Morgan fingerprint density at radius 2 is 1.86 bits per heavy atom. The Labute approximate surface area is 236 Å². The molecule has 226 valence electrons. The average Bonchev–Trinajstić information content (AvgIpc) is 3.44. The Balaban J connectivity index is 1.51. The molecular formula is C26H29F4N7O5. The summed E-state index contributed by atoms with van der Waals surface area (Å²) in [5.74, 6) is -3.86. The number of rotatable bonds is 11. The van der Waals surface area contributed by atoms with Crippen molar-refractivity contribution in [2.45, 2.75) is 26.0 Å². The zero-order valence-electron chi connectivity index (χ0n) is 22.7. The highest BCUT2D eigenvalue weighted by molar-refractivity contribution is 5.94. The predicted molar refractivity (Wildman–Crippen MR) is 146 cm³/mol. The smallest absolute Gasteiger partial charge is 0.414 e. The first-order valence-electron chi connectivity index (χ1n) is 12.9. The summed E-state index contributed by atoms with van der Waals surface area (Å²) < 4.78 is 63.4. The Kier molecular flexibility index (Phi) is 9.04. The first kappa shape index (κ1) is 30.4. The largest absolute Gasteiger partial charge is 0.442 e. The van der Waals surface area contributed by atoms with E-state index in [1.165, 1.54) is 15.6 Å². The number of benzene rings is 2. The highest BCUT2D eigenvalue weighted by Gasteiger charge is 2.34. The second-order valence-corrected chi connectivity index (χ2v) is 9.44. The van der Waals surface area contributed by atoms with E-state index in [0.29, 0.717) is 16.6 Å². The number of halogens is 4. The van der Waals surface area contributed by atoms with Crippen molar-refractivity contribution in [3.8, 4) is 0 Å². The molecule has 0 radical (unpaired) electrons. The van der Waals surface area contributed by atoms with E-state index in [-0.39, 0.29) is 49.7 Å². The molecule has 1 aliphatic rings. The van der Waals surface area contributed by atoms with E-state index in [1.54, 1.807) is 30.8 Å². The number of likely N-dealkylation sites (N-methyl/N-ethyl adjacent to an activating group) is 1. The first-order valence-corrected chi connectivity index (χ1v) is 12.9. The number of anilines is 3. The zero-order chi connectivity index (χ0) is 30.7. The summed E-state index contributed by atoms with van der Waals surface area (Å²) in [6.45, 7) is 1.34. The summed E-state index contributed by atoms with van der Waals surface area (Å²) in [6, 6.07) is 6.71. The van der Waals surface area contributed by atoms with Gasteiger partial charge in [0, 0.05) is 38.0 Å². The first-order chi connectivity index (χ1) is 19.9. The molecule has 0 spiro atoms. The van der Waals surface area contributed by atoms with Gasteiger partial charge >= 0.3 is 12.5 Å². The van der Waals surface area contributed by atoms with Gasteiger partial charge in [-0.3, -0.25) is 28.6 Å². The number of hydrogen-bond acceptors (Lipinski definition) is 7. The predicted octanol–water partition coefficient (Wildman–Crippen LogP) is 1.75. The van der Waals surface area contributed by atoms with E-state index in [0.717, 1.165) is 17.0 Å². The number of nitrogens with two attached hydrogens (primary N) is 1. The van der Waals surface area contributed by atoms with Gasteiger partial charge in [-0.15, -0.1) is 0 Å². The third kappa shape index (κ3) is 6.17. The molecule has 1 atom stereocenters. The lowest BCUT2D eigenvalue weighted by atomic mass is 10.2. The van der Waals surface area contributed by atoms with Crippen LogP contribution < -0.4 is 31.7 Å². The Morgan fingerprint density at radius 1 is 1.17 bits per heavy atom. The third-order valence-corrected chi connectivity index (χ3v) is 6.80. The maximum absolute atomic E-state index is 15.3. The van der Waals surface area contributed by atoms with Gasteiger partial charge in [-0.2, -0.15) is 8.78 Å². The molecule has 0 unspecified atom stereocenters. The quantitative estimate of drug-likeness (QED) is 0.287. The van der Waals surface area contributed by atoms with Crippen molar-refractivity contribution in [3.05, 3.63) is 52.3 Å². The van der Waals surface area contributed by atoms with Crippen LogP contribution >= 0.6 is 0 Å². The van der Waals surface area contributed by atoms with E-state index >= 15 is 8.78 Å². The molecule has 4 N–H and O–H groups in total. The standard InChI is InChI=1S/C26H29F4N7O5/c1-3-35(6-7-37-20-5-4-14(33-21(38)11-31)8-17(20)25(40)34(37)2)22-18(27)9-15(10-19(22)28)36-13-16(42-26(36)41)12-32-24(39)23(29)30/h4-5,8-10,16,23H,3,6-7,11-13,31H2,1-2H3,(H,32,39)(H,33,38)/t16-/m0/s1. The van der Waals surface area contributed by atoms with Gasteiger partial charge < -0.3 is 26.0 Å². The molecule has 12 nitrogen and oxygen atoms in total. The Morgan fingerprint density at radius 3 is 2.48 bits per heavy atom. The van der Waals surface area contributed by atoms with Crippen molar-refractivity contribution in [1.29, 1.82) is 0 Å². The number of nitrogens with one attached hydrogen (secondary N) is 2. The molecule has 1 aliphatic heterocycles. The zero-order valence-corrected chi connectivity index (χ0v) is 22.7. The maximum Gasteiger partial charge on any atom is 0.414 e. The maximum atomic E-state index is 15.3. The van der Waals surface area contributed by atoms with Crippen molar-refractivity contribution in [1.82, 2.24) is 14.7 Å². The van der Waals surface area contributed by atoms with Gasteiger partial charge in [0.05, 0.1) is 42.8 Å². The lowest BCUT2D eigenvalue weighted by Gasteiger charge is -2.26. The number of carbonyl (C=O) groups excluding carboxylic acids is 3. The Hall–Kier alpha value is -4.60. The van der Waals surface area contributed by atoms with E-state index in [9.17, 15) is 28.0 Å². The fourth-order valence-electron chi connectivity index (χ4n) is 4.72. The van der Waals surface area contributed by atoms with Gasteiger partial charge in [0.2, 0.25) is 5.91 Å². The van der Waals surface area contributed by atoms with Crippen LogP contribution in [0.4, 0.5) is 39.4 Å². The minimum atomic E-state index is -3.24. The summed E-state index contributed by atoms with van der Waals surface area (Å²) in [5, 5.41) is 4.86. The molecule has 0 bridgehead atoms. The minimum Gasteiger partial charge on any atom is -0.442 e. The van der Waals surface area contributed by atoms with Gasteiger partial charge in [0.1, 0.15) is 11.8 Å². The van der Waals surface area contributed by atoms with Gasteiger partial charge in [-0.25, -0.2) is 13.6 Å². The summed E-state index contributed by atoms with van der Waals surface area (Å²) in [4.78, 5) is 50.2. The van der Waals surface area contributed by atoms with Crippen LogP contribution in [0, 0.1) is 11.6 Å². The molecule has 3 amide bonds. The van der Waals surface area contributed by atoms with Crippen molar-refractivity contribution >= 4 is 45.9 Å². The minimum absolute atomic E-state index is 0.101. The third-order valence-electron chi connectivity index (χ3n) is 6.80. The van der Waals surface area contributed by atoms with Crippen LogP contribution in [-0.4, -0.2) is 72.5 Å². The van der Waals surface area contributed by atoms with Crippen LogP contribution in [0.5, 0.6) is 0 Å². The molecule has 42 heavy (non-hydrogen) atoms. The van der Waals surface area contributed by atoms with Crippen molar-refractivity contribution in [3.63, 3.8) is 0 Å². The lowest BCUT2D eigenvalue weighted by molar-refractivity contribution is -0.132.